The van der Waals surface area contributed by atoms with Crippen LogP contribution in [0.25, 0.3) is 10.9 Å². The van der Waals surface area contributed by atoms with Gasteiger partial charge in [0.25, 0.3) is 5.91 Å². The molecule has 0 aliphatic heterocycles. The Morgan fingerprint density at radius 2 is 1.68 bits per heavy atom. The number of benzene rings is 2. The number of aromatic nitrogens is 1. The Morgan fingerprint density at radius 3 is 2.24 bits per heavy atom. The molecule has 1 saturated carbocycles. The van der Waals surface area contributed by atoms with Crippen molar-refractivity contribution in [3.8, 4) is 11.5 Å². The SMILES string of the molecule is Cc1c([C@](C)(C(=O)O)C2CCCC2)c2cc(O)ccc2n1C(=O)c1ccc(OC(F)(F)F)cc1. The number of carboxylic acid groups (broad SMARTS) is 1. The molecule has 1 fully saturated rings. The van der Waals surface area contributed by atoms with Crippen LogP contribution in [0, 0.1) is 12.8 Å². The Morgan fingerprint density at radius 1 is 1.06 bits per heavy atom. The Balaban J connectivity index is 1.87. The Kier molecular flexibility index (Phi) is 5.83. The zero-order valence-corrected chi connectivity index (χ0v) is 18.6. The minimum atomic E-state index is -4.85. The van der Waals surface area contributed by atoms with E-state index in [-0.39, 0.29) is 17.2 Å². The standard InChI is InChI=1S/C25H24F3NO5/c1-14-21(24(2,23(32)33)16-5-3-4-6-16)19-13-17(30)9-12-20(19)29(14)22(31)15-7-10-18(11-8-15)34-25(26,27)28/h7-13,16,30H,3-6H2,1-2H3,(H,32,33)/t24-/m1/s1. The molecule has 0 unspecified atom stereocenters. The molecule has 180 valence electrons. The molecular formula is C25H24F3NO5. The molecular weight excluding hydrogens is 451 g/mol. The van der Waals surface area contributed by atoms with Crippen LogP contribution in [-0.2, 0) is 10.2 Å². The quantitative estimate of drug-likeness (QED) is 0.489. The highest BCUT2D eigenvalue weighted by molar-refractivity contribution is 6.06. The average Bonchev–Trinajstić information content (AvgIpc) is 3.38. The van der Waals surface area contributed by atoms with Gasteiger partial charge in [-0.2, -0.15) is 0 Å². The van der Waals surface area contributed by atoms with E-state index in [4.69, 9.17) is 0 Å². The van der Waals surface area contributed by atoms with Crippen LogP contribution in [0.15, 0.2) is 42.5 Å². The number of aromatic hydroxyl groups is 1. The first kappa shape index (κ1) is 23.7. The fourth-order valence-corrected chi connectivity index (χ4v) is 5.24. The fourth-order valence-electron chi connectivity index (χ4n) is 5.24. The molecule has 0 bridgehead atoms. The zero-order chi connectivity index (χ0) is 24.8. The first-order valence-electron chi connectivity index (χ1n) is 10.9. The van der Waals surface area contributed by atoms with Gasteiger partial charge in [0.2, 0.25) is 0 Å². The topological polar surface area (TPSA) is 88.8 Å². The van der Waals surface area contributed by atoms with Crippen molar-refractivity contribution in [2.45, 2.75) is 51.3 Å². The summed E-state index contributed by atoms with van der Waals surface area (Å²) in [6, 6.07) is 8.95. The minimum Gasteiger partial charge on any atom is -0.508 e. The van der Waals surface area contributed by atoms with Gasteiger partial charge in [0.05, 0.1) is 10.9 Å². The van der Waals surface area contributed by atoms with Crippen LogP contribution in [0.1, 0.15) is 54.2 Å². The smallest absolute Gasteiger partial charge is 0.508 e. The molecule has 0 saturated heterocycles. The van der Waals surface area contributed by atoms with Crippen molar-refractivity contribution in [3.63, 3.8) is 0 Å². The van der Waals surface area contributed by atoms with Crippen molar-refractivity contribution in [1.82, 2.24) is 4.57 Å². The Labute approximate surface area is 193 Å². The molecule has 1 aromatic heterocycles. The van der Waals surface area contributed by atoms with Crippen molar-refractivity contribution in [3.05, 3.63) is 59.3 Å². The third-order valence-corrected chi connectivity index (χ3v) is 6.86. The van der Waals surface area contributed by atoms with Gasteiger partial charge < -0.3 is 14.9 Å². The van der Waals surface area contributed by atoms with Gasteiger partial charge in [-0.3, -0.25) is 14.2 Å². The number of carboxylic acids is 1. The van der Waals surface area contributed by atoms with Crippen molar-refractivity contribution in [2.24, 2.45) is 5.92 Å². The lowest BCUT2D eigenvalue weighted by Crippen LogP contribution is -2.40. The molecule has 6 nitrogen and oxygen atoms in total. The summed E-state index contributed by atoms with van der Waals surface area (Å²) < 4.78 is 42.6. The van der Waals surface area contributed by atoms with Crippen LogP contribution >= 0.6 is 0 Å². The van der Waals surface area contributed by atoms with Crippen molar-refractivity contribution < 1.29 is 37.7 Å². The number of rotatable bonds is 5. The molecule has 2 aromatic carbocycles. The second-order valence-electron chi connectivity index (χ2n) is 8.86. The molecule has 1 aliphatic rings. The molecule has 0 amide bonds. The van der Waals surface area contributed by atoms with Gasteiger partial charge in [0.1, 0.15) is 11.5 Å². The van der Waals surface area contributed by atoms with Gasteiger partial charge in [-0.1, -0.05) is 12.8 Å². The van der Waals surface area contributed by atoms with Crippen LogP contribution in [-0.4, -0.2) is 33.0 Å². The highest BCUT2D eigenvalue weighted by atomic mass is 19.4. The number of carbonyl (C=O) groups excluding carboxylic acids is 1. The minimum absolute atomic E-state index is 0.0637. The van der Waals surface area contributed by atoms with Gasteiger partial charge in [-0.05, 0) is 80.6 Å². The summed E-state index contributed by atoms with van der Waals surface area (Å²) in [5.74, 6) is -2.20. The van der Waals surface area contributed by atoms with Crippen molar-refractivity contribution in [1.29, 1.82) is 0 Å². The first-order chi connectivity index (χ1) is 15.9. The maximum atomic E-state index is 13.5. The maximum Gasteiger partial charge on any atom is 0.573 e. The summed E-state index contributed by atoms with van der Waals surface area (Å²) in [6.07, 6.45) is -1.54. The van der Waals surface area contributed by atoms with Gasteiger partial charge in [0.15, 0.2) is 0 Å². The van der Waals surface area contributed by atoms with Crippen LogP contribution in [0.2, 0.25) is 0 Å². The summed E-state index contributed by atoms with van der Waals surface area (Å²) in [5.41, 5.74) is 0.104. The van der Waals surface area contributed by atoms with E-state index in [0.29, 0.717) is 22.2 Å². The molecule has 0 spiro atoms. The average molecular weight is 475 g/mol. The second-order valence-corrected chi connectivity index (χ2v) is 8.86. The number of ether oxygens (including phenoxy) is 1. The molecule has 9 heteroatoms. The fraction of sp³-hybridized carbons (Fsp3) is 0.360. The molecule has 1 heterocycles. The number of halogens is 3. The van der Waals surface area contributed by atoms with Gasteiger partial charge in [0, 0.05) is 16.6 Å². The van der Waals surface area contributed by atoms with Crippen LogP contribution in [0.5, 0.6) is 11.5 Å². The maximum absolute atomic E-state index is 13.5. The van der Waals surface area contributed by atoms with E-state index in [9.17, 15) is 33.0 Å². The summed E-state index contributed by atoms with van der Waals surface area (Å²) in [7, 11) is 0. The monoisotopic (exact) mass is 475 g/mol. The molecule has 1 aliphatic carbocycles. The van der Waals surface area contributed by atoms with E-state index in [0.717, 1.165) is 37.8 Å². The van der Waals surface area contributed by atoms with E-state index >= 15 is 0 Å². The molecule has 4 rings (SSSR count). The van der Waals surface area contributed by atoms with E-state index in [1.807, 2.05) is 0 Å². The lowest BCUT2D eigenvalue weighted by molar-refractivity contribution is -0.274. The van der Waals surface area contributed by atoms with E-state index < -0.39 is 29.4 Å². The molecule has 34 heavy (non-hydrogen) atoms. The largest absolute Gasteiger partial charge is 0.573 e. The molecule has 1 atom stereocenters. The Bertz CT molecular complexity index is 1260. The summed E-state index contributed by atoms with van der Waals surface area (Å²) in [6.45, 7) is 3.32. The number of fused-ring (bicyclic) bond motifs is 1. The number of phenolic OH excluding ortho intramolecular Hbond substituents is 1. The number of nitrogens with zero attached hydrogens (tertiary/aromatic N) is 1. The lowest BCUT2D eigenvalue weighted by atomic mass is 9.70. The number of hydrogen-bond donors (Lipinski definition) is 2. The number of alkyl halides is 3. The Hall–Kier alpha value is -3.49. The number of aliphatic carboxylic acids is 1. The van der Waals surface area contributed by atoms with Crippen LogP contribution < -0.4 is 4.74 Å². The van der Waals surface area contributed by atoms with Crippen LogP contribution in [0.3, 0.4) is 0 Å². The van der Waals surface area contributed by atoms with Gasteiger partial charge >= 0.3 is 12.3 Å². The predicted octanol–water partition coefficient (Wildman–Crippen LogP) is 5.77. The third kappa shape index (κ3) is 3.99. The van der Waals surface area contributed by atoms with Crippen molar-refractivity contribution in [2.75, 3.05) is 0 Å². The predicted molar refractivity (Wildman–Crippen MR) is 118 cm³/mol. The third-order valence-electron chi connectivity index (χ3n) is 6.86. The van der Waals surface area contributed by atoms with Crippen LogP contribution in [0.4, 0.5) is 13.2 Å². The highest BCUT2D eigenvalue weighted by Crippen LogP contribution is 2.47. The molecule has 0 radical (unpaired) electrons. The highest BCUT2D eigenvalue weighted by Gasteiger charge is 2.47. The number of phenols is 1. The summed E-state index contributed by atoms with van der Waals surface area (Å²) in [4.78, 5) is 26.1. The van der Waals surface area contributed by atoms with Gasteiger partial charge in [-0.25, -0.2) is 0 Å². The number of carbonyl (C=O) groups is 2. The lowest BCUT2D eigenvalue weighted by Gasteiger charge is -2.32. The van der Waals surface area contributed by atoms with E-state index in [1.165, 1.54) is 34.9 Å². The molecule has 2 N–H and O–H groups in total. The number of hydrogen-bond acceptors (Lipinski definition) is 4. The normalized spacial score (nSPS) is 16.5. The second kappa shape index (κ2) is 8.38. The van der Waals surface area contributed by atoms with Crippen molar-refractivity contribution >= 4 is 22.8 Å². The molecule has 3 aromatic rings. The zero-order valence-electron chi connectivity index (χ0n) is 18.6. The van der Waals surface area contributed by atoms with E-state index in [1.54, 1.807) is 13.8 Å². The van der Waals surface area contributed by atoms with E-state index in [2.05, 4.69) is 4.74 Å². The first-order valence-corrected chi connectivity index (χ1v) is 10.9. The summed E-state index contributed by atoms with van der Waals surface area (Å²) >= 11 is 0. The van der Waals surface area contributed by atoms with Gasteiger partial charge in [-0.15, -0.1) is 13.2 Å². The summed E-state index contributed by atoms with van der Waals surface area (Å²) in [5, 5.41) is 20.9.